The molecule has 0 saturated carbocycles. The summed E-state index contributed by atoms with van der Waals surface area (Å²) in [6.07, 6.45) is 0.209. The third-order valence-electron chi connectivity index (χ3n) is 2.78. The smallest absolute Gasteiger partial charge is 0.328 e. The fraction of sp³-hybridized carbons (Fsp3) is 0.429. The molecule has 1 rings (SSSR count). The summed E-state index contributed by atoms with van der Waals surface area (Å²) in [5.41, 5.74) is 7.07. The first-order valence-corrected chi connectivity index (χ1v) is 6.15. The van der Waals surface area contributed by atoms with E-state index in [-0.39, 0.29) is 30.7 Å². The average Bonchev–Trinajstić information content (AvgIpc) is 2.37. The van der Waals surface area contributed by atoms with E-state index in [9.17, 15) is 9.59 Å². The van der Waals surface area contributed by atoms with E-state index in [4.69, 9.17) is 5.73 Å². The number of carbonyl (C=O) groups is 2. The number of nitrogens with two attached hydrogens (primary N) is 1. The maximum absolute atomic E-state index is 11.9. The van der Waals surface area contributed by atoms with Crippen LogP contribution in [0.15, 0.2) is 24.3 Å². The third-order valence-corrected chi connectivity index (χ3v) is 2.78. The van der Waals surface area contributed by atoms with Crippen molar-refractivity contribution in [3.05, 3.63) is 29.8 Å². The van der Waals surface area contributed by atoms with E-state index >= 15 is 0 Å². The molecule has 0 radical (unpaired) electrons. The van der Waals surface area contributed by atoms with E-state index in [1.807, 2.05) is 13.8 Å². The van der Waals surface area contributed by atoms with Crippen molar-refractivity contribution in [3.63, 3.8) is 0 Å². The first-order valence-electron chi connectivity index (χ1n) is 6.15. The molecule has 6 heteroatoms. The van der Waals surface area contributed by atoms with Gasteiger partial charge >= 0.3 is 5.97 Å². The molecule has 1 unspecified atom stereocenters. The Bertz CT molecular complexity index is 446. The number of nitrogens with one attached hydrogen (secondary N) is 1. The van der Waals surface area contributed by atoms with Crippen LogP contribution in [0.4, 0.5) is 5.69 Å². The van der Waals surface area contributed by atoms with Crippen molar-refractivity contribution < 1.29 is 14.3 Å². The van der Waals surface area contributed by atoms with Crippen LogP contribution >= 0.6 is 12.4 Å². The normalized spacial score (nSPS) is 11.4. The van der Waals surface area contributed by atoms with Crippen LogP contribution in [0.3, 0.4) is 0 Å². The number of amides is 1. The van der Waals surface area contributed by atoms with Crippen LogP contribution in [0.2, 0.25) is 0 Å². The number of methoxy groups -OCH3 is 1. The maximum Gasteiger partial charge on any atom is 0.328 e. The van der Waals surface area contributed by atoms with Gasteiger partial charge in [-0.1, -0.05) is 26.0 Å². The van der Waals surface area contributed by atoms with Crippen molar-refractivity contribution in [2.45, 2.75) is 26.3 Å². The van der Waals surface area contributed by atoms with Gasteiger partial charge < -0.3 is 15.8 Å². The summed E-state index contributed by atoms with van der Waals surface area (Å²) in [5.74, 6) is -0.669. The minimum Gasteiger partial charge on any atom is -0.467 e. The molecule has 1 aromatic rings. The molecule has 0 bridgehead atoms. The Labute approximate surface area is 125 Å². The zero-order valence-corrected chi connectivity index (χ0v) is 12.7. The van der Waals surface area contributed by atoms with Gasteiger partial charge in [0.15, 0.2) is 0 Å². The summed E-state index contributed by atoms with van der Waals surface area (Å²) in [6.45, 7) is 3.70. The van der Waals surface area contributed by atoms with Crippen molar-refractivity contribution in [2.75, 3.05) is 12.8 Å². The second kappa shape index (κ2) is 8.43. The molecule has 1 aromatic carbocycles. The van der Waals surface area contributed by atoms with Crippen LogP contribution in [0.1, 0.15) is 19.4 Å². The second-order valence-electron chi connectivity index (χ2n) is 4.73. The highest BCUT2D eigenvalue weighted by Crippen LogP contribution is 2.08. The Morgan fingerprint density at radius 3 is 2.25 bits per heavy atom. The third kappa shape index (κ3) is 5.48. The molecule has 0 aliphatic carbocycles. The summed E-state index contributed by atoms with van der Waals surface area (Å²) < 4.78 is 4.67. The van der Waals surface area contributed by atoms with E-state index in [0.717, 1.165) is 5.56 Å². The summed E-state index contributed by atoms with van der Waals surface area (Å²) in [5, 5.41) is 2.69. The molecular weight excluding hydrogens is 280 g/mol. The van der Waals surface area contributed by atoms with Crippen LogP contribution in [0.25, 0.3) is 0 Å². The van der Waals surface area contributed by atoms with E-state index < -0.39 is 12.0 Å². The number of benzene rings is 1. The summed E-state index contributed by atoms with van der Waals surface area (Å²) in [6, 6.07) is 6.44. The molecule has 0 aliphatic rings. The highest BCUT2D eigenvalue weighted by Gasteiger charge is 2.24. The predicted molar refractivity (Wildman–Crippen MR) is 80.6 cm³/mol. The van der Waals surface area contributed by atoms with E-state index in [1.165, 1.54) is 7.11 Å². The molecule has 0 spiro atoms. The number of hydrogen-bond acceptors (Lipinski definition) is 4. The van der Waals surface area contributed by atoms with E-state index in [0.29, 0.717) is 5.69 Å². The molecule has 0 heterocycles. The first-order chi connectivity index (χ1) is 8.93. The topological polar surface area (TPSA) is 81.4 Å². The molecule has 3 N–H and O–H groups in total. The van der Waals surface area contributed by atoms with Crippen molar-refractivity contribution in [2.24, 2.45) is 5.92 Å². The number of ether oxygens (including phenoxy) is 1. The lowest BCUT2D eigenvalue weighted by Crippen LogP contribution is -2.45. The zero-order chi connectivity index (χ0) is 14.4. The van der Waals surface area contributed by atoms with E-state index in [1.54, 1.807) is 24.3 Å². The number of hydrogen-bond donors (Lipinski definition) is 2. The van der Waals surface area contributed by atoms with Crippen molar-refractivity contribution >= 4 is 30.0 Å². The van der Waals surface area contributed by atoms with Crippen LogP contribution in [0.5, 0.6) is 0 Å². The number of carbonyl (C=O) groups excluding carboxylic acids is 2. The van der Waals surface area contributed by atoms with Crippen LogP contribution in [0, 0.1) is 5.92 Å². The van der Waals surface area contributed by atoms with Gasteiger partial charge in [-0.15, -0.1) is 12.4 Å². The number of halogens is 1. The van der Waals surface area contributed by atoms with Crippen LogP contribution in [-0.4, -0.2) is 25.0 Å². The SMILES string of the molecule is COC(=O)C(NC(=O)Cc1ccc(N)cc1)C(C)C.Cl. The Morgan fingerprint density at radius 2 is 1.80 bits per heavy atom. The number of esters is 1. The molecule has 1 amide bonds. The Balaban J connectivity index is 0.00000361. The van der Waals surface area contributed by atoms with Gasteiger partial charge in [-0.05, 0) is 23.6 Å². The Kier molecular flexibility index (Phi) is 7.69. The van der Waals surface area contributed by atoms with Crippen LogP contribution in [-0.2, 0) is 20.7 Å². The summed E-state index contributed by atoms with van der Waals surface area (Å²) in [7, 11) is 1.31. The molecule has 1 atom stereocenters. The van der Waals surface area contributed by atoms with Gasteiger partial charge in [-0.2, -0.15) is 0 Å². The van der Waals surface area contributed by atoms with Crippen molar-refractivity contribution in [1.82, 2.24) is 5.32 Å². The van der Waals surface area contributed by atoms with Gasteiger partial charge in [0.25, 0.3) is 0 Å². The van der Waals surface area contributed by atoms with Crippen LogP contribution < -0.4 is 11.1 Å². The first kappa shape index (κ1) is 18.2. The number of anilines is 1. The highest BCUT2D eigenvalue weighted by atomic mass is 35.5. The maximum atomic E-state index is 11.9. The number of nitrogen functional groups attached to an aromatic ring is 1. The molecular formula is C14H21ClN2O3. The Morgan fingerprint density at radius 1 is 1.25 bits per heavy atom. The molecule has 0 aromatic heterocycles. The predicted octanol–water partition coefficient (Wildman–Crippen LogP) is 1.55. The highest BCUT2D eigenvalue weighted by molar-refractivity contribution is 5.86. The average molecular weight is 301 g/mol. The lowest BCUT2D eigenvalue weighted by atomic mass is 10.0. The fourth-order valence-electron chi connectivity index (χ4n) is 1.67. The standard InChI is InChI=1S/C14H20N2O3.ClH/c1-9(2)13(14(18)19-3)16-12(17)8-10-4-6-11(15)7-5-10;/h4-7,9,13H,8,15H2,1-3H3,(H,16,17);1H. The van der Waals surface area contributed by atoms with Gasteiger partial charge in [-0.25, -0.2) is 4.79 Å². The van der Waals surface area contributed by atoms with Gasteiger partial charge in [0.2, 0.25) is 5.91 Å². The van der Waals surface area contributed by atoms with Gasteiger partial charge in [-0.3, -0.25) is 4.79 Å². The van der Waals surface area contributed by atoms with Crippen molar-refractivity contribution in [1.29, 1.82) is 0 Å². The second-order valence-corrected chi connectivity index (χ2v) is 4.73. The van der Waals surface area contributed by atoms with Crippen molar-refractivity contribution in [3.8, 4) is 0 Å². The quantitative estimate of drug-likeness (QED) is 0.638. The van der Waals surface area contributed by atoms with Gasteiger partial charge in [0, 0.05) is 5.69 Å². The molecule has 0 fully saturated rings. The van der Waals surface area contributed by atoms with Gasteiger partial charge in [0.05, 0.1) is 13.5 Å². The minimum atomic E-state index is -0.619. The summed E-state index contributed by atoms with van der Waals surface area (Å²) >= 11 is 0. The Hall–Kier alpha value is -1.75. The lowest BCUT2D eigenvalue weighted by molar-refractivity contribution is -0.146. The van der Waals surface area contributed by atoms with E-state index in [2.05, 4.69) is 10.1 Å². The largest absolute Gasteiger partial charge is 0.467 e. The molecule has 112 valence electrons. The molecule has 0 saturated heterocycles. The molecule has 5 nitrogen and oxygen atoms in total. The van der Waals surface area contributed by atoms with Gasteiger partial charge in [0.1, 0.15) is 6.04 Å². The lowest BCUT2D eigenvalue weighted by Gasteiger charge is -2.19. The number of rotatable bonds is 5. The molecule has 0 aliphatic heterocycles. The zero-order valence-electron chi connectivity index (χ0n) is 11.9. The fourth-order valence-corrected chi connectivity index (χ4v) is 1.67. The monoisotopic (exact) mass is 300 g/mol. The molecule has 20 heavy (non-hydrogen) atoms. The minimum absolute atomic E-state index is 0. The summed E-state index contributed by atoms with van der Waals surface area (Å²) in [4.78, 5) is 23.4.